The third-order valence-electron chi connectivity index (χ3n) is 3.73. The van der Waals surface area contributed by atoms with Crippen molar-refractivity contribution in [3.63, 3.8) is 0 Å². The number of pyridine rings is 1. The maximum atomic E-state index is 12.9. The summed E-state index contributed by atoms with van der Waals surface area (Å²) in [5, 5.41) is 0. The molecule has 1 atom stereocenters. The normalized spacial score (nSPS) is 19.6. The second kappa shape index (κ2) is 5.54. The van der Waals surface area contributed by atoms with E-state index in [-0.39, 0.29) is 24.9 Å². The molecule has 0 N–H and O–H groups in total. The van der Waals surface area contributed by atoms with Gasteiger partial charge in [0.05, 0.1) is 13.2 Å². The van der Waals surface area contributed by atoms with Crippen LogP contribution in [0.15, 0.2) is 12.1 Å². The Morgan fingerprint density at radius 3 is 2.40 bits per heavy atom. The number of alkyl halides is 2. The van der Waals surface area contributed by atoms with Crippen molar-refractivity contribution in [3.05, 3.63) is 17.8 Å². The van der Waals surface area contributed by atoms with Gasteiger partial charge >= 0.3 is 0 Å². The predicted molar refractivity (Wildman–Crippen MR) is 72.6 cm³/mol. The van der Waals surface area contributed by atoms with Gasteiger partial charge in [-0.25, -0.2) is 13.8 Å². The molecule has 0 aliphatic heterocycles. The first kappa shape index (κ1) is 15.0. The Kier molecular flexibility index (Phi) is 4.16. The lowest BCUT2D eigenvalue weighted by atomic mass is 9.78. The zero-order chi connectivity index (χ0) is 14.9. The smallest absolute Gasteiger partial charge is 0.256 e. The SMILES string of the molecule is COc1nc(C(C)C)ccc1OC(C)C1CC(F)(F)C1. The zero-order valence-electron chi connectivity index (χ0n) is 12.3. The molecule has 1 unspecified atom stereocenters. The molecule has 0 radical (unpaired) electrons. The molecule has 1 saturated carbocycles. The van der Waals surface area contributed by atoms with Crippen molar-refractivity contribution < 1.29 is 18.3 Å². The maximum Gasteiger partial charge on any atom is 0.256 e. The van der Waals surface area contributed by atoms with E-state index in [0.29, 0.717) is 17.5 Å². The van der Waals surface area contributed by atoms with Crippen molar-refractivity contribution in [2.45, 2.75) is 51.6 Å². The molecule has 1 aromatic rings. The Bertz CT molecular complexity index is 469. The third-order valence-corrected chi connectivity index (χ3v) is 3.73. The first-order chi connectivity index (χ1) is 9.32. The molecule has 0 spiro atoms. The molecule has 3 nitrogen and oxygen atoms in total. The Balaban J connectivity index is 2.05. The summed E-state index contributed by atoms with van der Waals surface area (Å²) in [7, 11) is 1.53. The minimum Gasteiger partial charge on any atom is -0.485 e. The van der Waals surface area contributed by atoms with E-state index in [0.717, 1.165) is 5.69 Å². The molecule has 112 valence electrons. The van der Waals surface area contributed by atoms with Gasteiger partial charge in [0.2, 0.25) is 5.92 Å². The van der Waals surface area contributed by atoms with Gasteiger partial charge in [0.1, 0.15) is 0 Å². The van der Waals surface area contributed by atoms with Crippen LogP contribution in [0.2, 0.25) is 0 Å². The first-order valence-corrected chi connectivity index (χ1v) is 6.92. The fourth-order valence-corrected chi connectivity index (χ4v) is 2.34. The van der Waals surface area contributed by atoms with Crippen LogP contribution >= 0.6 is 0 Å². The van der Waals surface area contributed by atoms with E-state index in [1.54, 1.807) is 6.07 Å². The number of halogens is 2. The topological polar surface area (TPSA) is 31.4 Å². The molecule has 20 heavy (non-hydrogen) atoms. The summed E-state index contributed by atoms with van der Waals surface area (Å²) in [5.74, 6) is -1.42. The standard InChI is InChI=1S/C15H21F2NO2/c1-9(2)12-5-6-13(14(18-12)19-4)20-10(3)11-7-15(16,17)8-11/h5-6,9-11H,7-8H2,1-4H3. The number of hydrogen-bond acceptors (Lipinski definition) is 3. The van der Waals surface area contributed by atoms with Crippen molar-refractivity contribution in [2.24, 2.45) is 5.92 Å². The van der Waals surface area contributed by atoms with Gasteiger partial charge in [0.15, 0.2) is 5.75 Å². The van der Waals surface area contributed by atoms with Gasteiger partial charge < -0.3 is 9.47 Å². The van der Waals surface area contributed by atoms with Crippen LogP contribution < -0.4 is 9.47 Å². The molecule has 0 amide bonds. The van der Waals surface area contributed by atoms with Gasteiger partial charge in [-0.3, -0.25) is 0 Å². The fraction of sp³-hybridized carbons (Fsp3) is 0.667. The van der Waals surface area contributed by atoms with Crippen LogP contribution in [0.5, 0.6) is 11.6 Å². The van der Waals surface area contributed by atoms with E-state index in [9.17, 15) is 8.78 Å². The van der Waals surface area contributed by atoms with Crippen molar-refractivity contribution in [1.29, 1.82) is 0 Å². The zero-order valence-corrected chi connectivity index (χ0v) is 12.3. The average Bonchev–Trinajstić information content (AvgIpc) is 2.35. The lowest BCUT2D eigenvalue weighted by molar-refractivity contribution is -0.134. The first-order valence-electron chi connectivity index (χ1n) is 6.92. The Hall–Kier alpha value is -1.39. The van der Waals surface area contributed by atoms with Crippen LogP contribution in [-0.2, 0) is 0 Å². The highest BCUT2D eigenvalue weighted by Gasteiger charge is 2.48. The van der Waals surface area contributed by atoms with E-state index in [2.05, 4.69) is 4.98 Å². The lowest BCUT2D eigenvalue weighted by Crippen LogP contribution is -2.43. The van der Waals surface area contributed by atoms with E-state index < -0.39 is 5.92 Å². The molecule has 5 heteroatoms. The molecule has 0 bridgehead atoms. The van der Waals surface area contributed by atoms with E-state index in [1.165, 1.54) is 7.11 Å². The van der Waals surface area contributed by atoms with Crippen LogP contribution in [0.1, 0.15) is 45.2 Å². The van der Waals surface area contributed by atoms with Crippen molar-refractivity contribution >= 4 is 0 Å². The molecular weight excluding hydrogens is 264 g/mol. The number of rotatable bonds is 5. The summed E-state index contributed by atoms with van der Waals surface area (Å²) in [6.07, 6.45) is -0.475. The minimum atomic E-state index is -2.52. The van der Waals surface area contributed by atoms with Gasteiger partial charge in [-0.05, 0) is 25.0 Å². The molecule has 1 heterocycles. The van der Waals surface area contributed by atoms with Gasteiger partial charge in [0, 0.05) is 24.5 Å². The van der Waals surface area contributed by atoms with Crippen LogP contribution in [0.4, 0.5) is 8.78 Å². The Morgan fingerprint density at radius 2 is 1.90 bits per heavy atom. The summed E-state index contributed by atoms with van der Waals surface area (Å²) in [6.45, 7) is 5.90. The van der Waals surface area contributed by atoms with Crippen molar-refractivity contribution in [2.75, 3.05) is 7.11 Å². The van der Waals surface area contributed by atoms with Crippen LogP contribution in [0.25, 0.3) is 0 Å². The molecule has 2 rings (SSSR count). The molecule has 1 fully saturated rings. The van der Waals surface area contributed by atoms with Crippen LogP contribution in [0, 0.1) is 5.92 Å². The second-order valence-corrected chi connectivity index (χ2v) is 5.75. The van der Waals surface area contributed by atoms with Gasteiger partial charge in [-0.1, -0.05) is 13.8 Å². The minimum absolute atomic E-state index is 0.103. The summed E-state index contributed by atoms with van der Waals surface area (Å²) in [5.41, 5.74) is 0.914. The molecule has 1 aliphatic carbocycles. The summed E-state index contributed by atoms with van der Waals surface area (Å²) >= 11 is 0. The predicted octanol–water partition coefficient (Wildman–Crippen LogP) is 4.03. The van der Waals surface area contributed by atoms with Crippen molar-refractivity contribution in [1.82, 2.24) is 4.98 Å². The van der Waals surface area contributed by atoms with Gasteiger partial charge in [-0.2, -0.15) is 0 Å². The highest BCUT2D eigenvalue weighted by Crippen LogP contribution is 2.45. The van der Waals surface area contributed by atoms with Crippen LogP contribution in [0.3, 0.4) is 0 Å². The fourth-order valence-electron chi connectivity index (χ4n) is 2.34. The average molecular weight is 285 g/mol. The molecule has 0 saturated heterocycles. The Morgan fingerprint density at radius 1 is 1.25 bits per heavy atom. The number of hydrogen-bond donors (Lipinski definition) is 0. The Labute approximate surface area is 118 Å². The highest BCUT2D eigenvalue weighted by molar-refractivity contribution is 5.35. The second-order valence-electron chi connectivity index (χ2n) is 5.75. The van der Waals surface area contributed by atoms with E-state index in [4.69, 9.17) is 9.47 Å². The molecule has 0 aromatic carbocycles. The van der Waals surface area contributed by atoms with E-state index in [1.807, 2.05) is 26.8 Å². The highest BCUT2D eigenvalue weighted by atomic mass is 19.3. The molecule has 1 aromatic heterocycles. The quantitative estimate of drug-likeness (QED) is 0.818. The summed E-state index contributed by atoms with van der Waals surface area (Å²) in [4.78, 5) is 4.38. The van der Waals surface area contributed by atoms with E-state index >= 15 is 0 Å². The van der Waals surface area contributed by atoms with Crippen LogP contribution in [-0.4, -0.2) is 24.1 Å². The third kappa shape index (κ3) is 3.19. The summed E-state index contributed by atoms with van der Waals surface area (Å²) < 4.78 is 36.7. The number of nitrogens with zero attached hydrogens (tertiary/aromatic N) is 1. The number of aromatic nitrogens is 1. The van der Waals surface area contributed by atoms with Gasteiger partial charge in [-0.15, -0.1) is 0 Å². The summed E-state index contributed by atoms with van der Waals surface area (Å²) in [6, 6.07) is 3.68. The van der Waals surface area contributed by atoms with Gasteiger partial charge in [0.25, 0.3) is 5.88 Å². The number of methoxy groups -OCH3 is 1. The monoisotopic (exact) mass is 285 g/mol. The lowest BCUT2D eigenvalue weighted by Gasteiger charge is -2.38. The molecule has 1 aliphatic rings. The maximum absolute atomic E-state index is 12.9. The number of ether oxygens (including phenoxy) is 2. The van der Waals surface area contributed by atoms with Crippen molar-refractivity contribution in [3.8, 4) is 11.6 Å². The molecular formula is C15H21F2NO2. The largest absolute Gasteiger partial charge is 0.485 e.